The van der Waals surface area contributed by atoms with Crippen molar-refractivity contribution >= 4 is 39.6 Å². The van der Waals surface area contributed by atoms with E-state index in [1.54, 1.807) is 0 Å². The minimum Gasteiger partial charge on any atom is -0.250 e. The monoisotopic (exact) mass is 795 g/mol. The quantitative estimate of drug-likeness (QED) is 0.0827. The van der Waals surface area contributed by atoms with Crippen LogP contribution in [0.15, 0.2) is 221 Å². The average Bonchev–Trinajstić information content (AvgIpc) is 3.63. The van der Waals surface area contributed by atoms with Gasteiger partial charge in [-0.1, -0.05) is 173 Å². The molecule has 0 radical (unpaired) electrons. The second-order valence-corrected chi connectivity index (χ2v) is 14.9. The van der Waals surface area contributed by atoms with Crippen LogP contribution < -0.4 is 0 Å². The molecule has 1 unspecified atom stereocenters. The largest absolute Gasteiger partial charge is 0.250 e. The van der Waals surface area contributed by atoms with Crippen molar-refractivity contribution in [2.75, 3.05) is 0 Å². The van der Waals surface area contributed by atoms with Gasteiger partial charge in [0.15, 0.2) is 0 Å². The van der Waals surface area contributed by atoms with E-state index in [-0.39, 0.29) is 0 Å². The number of halogens is 1. The van der Waals surface area contributed by atoms with Gasteiger partial charge >= 0.3 is 0 Å². The third-order valence-electron chi connectivity index (χ3n) is 9.82. The molecule has 1 nitrogen and oxygen atoms in total. The number of benzene rings is 5. The van der Waals surface area contributed by atoms with Gasteiger partial charge in [0.1, 0.15) is 3.42 Å². The molecule has 0 bridgehead atoms. The van der Waals surface area contributed by atoms with E-state index in [9.17, 15) is 0 Å². The summed E-state index contributed by atoms with van der Waals surface area (Å²) in [5.74, 6) is 0. The van der Waals surface area contributed by atoms with E-state index in [0.29, 0.717) is 0 Å². The summed E-state index contributed by atoms with van der Waals surface area (Å²) in [5, 5.41) is 0. The molecule has 2 aliphatic carbocycles. The number of nitrogens with zero attached hydrogens (tertiary/aromatic N) is 1. The van der Waals surface area contributed by atoms with E-state index in [4.69, 9.17) is 4.99 Å². The van der Waals surface area contributed by atoms with E-state index < -0.39 is 3.42 Å². The van der Waals surface area contributed by atoms with Crippen molar-refractivity contribution in [2.45, 2.75) is 3.42 Å². The van der Waals surface area contributed by atoms with Crippen LogP contribution in [0.3, 0.4) is 0 Å². The molecule has 0 N–H and O–H groups in total. The van der Waals surface area contributed by atoms with Crippen LogP contribution in [-0.2, 0) is 3.42 Å². The van der Waals surface area contributed by atoms with Crippen molar-refractivity contribution < 1.29 is 0 Å². The first-order valence-electron chi connectivity index (χ1n) is 17.8. The summed E-state index contributed by atoms with van der Waals surface area (Å²) in [5.41, 5.74) is 29.0. The van der Waals surface area contributed by atoms with Crippen LogP contribution in [0.5, 0.6) is 0 Å². The van der Waals surface area contributed by atoms with Crippen molar-refractivity contribution in [2.24, 2.45) is 4.99 Å². The van der Waals surface area contributed by atoms with Gasteiger partial charge in [-0.15, -0.1) is 0 Å². The maximum atomic E-state index is 5.47. The Labute approximate surface area is 329 Å². The molecule has 0 saturated heterocycles. The second-order valence-electron chi connectivity index (χ2n) is 13.1. The Balaban J connectivity index is 1.32. The molecular weight excluding hydrogens is 765 g/mol. The van der Waals surface area contributed by atoms with Crippen LogP contribution in [0.2, 0.25) is 0 Å². The highest BCUT2D eigenvalue weighted by molar-refractivity contribution is 14.1. The van der Waals surface area contributed by atoms with Gasteiger partial charge in [-0.2, -0.15) is 0 Å². The highest BCUT2D eigenvalue weighted by Gasteiger charge is 2.39. The zero-order chi connectivity index (χ0) is 36.3. The fraction of sp³-hybridized carbons (Fsp3) is 0.0192. The normalized spacial score (nSPS) is 16.6. The van der Waals surface area contributed by atoms with Gasteiger partial charge in [0.25, 0.3) is 0 Å². The lowest BCUT2D eigenvalue weighted by Gasteiger charge is -2.25. The molecule has 6 aromatic carbocycles. The lowest BCUT2D eigenvalue weighted by Crippen LogP contribution is -2.25. The van der Waals surface area contributed by atoms with Gasteiger partial charge in [0, 0.05) is 16.7 Å². The van der Waals surface area contributed by atoms with Crippen LogP contribution in [-0.4, -0.2) is 5.71 Å². The molecule has 54 heavy (non-hydrogen) atoms. The molecule has 0 amide bonds. The van der Waals surface area contributed by atoms with Crippen LogP contribution in [0.4, 0.5) is 0 Å². The molecule has 1 aliphatic heterocycles. The smallest absolute Gasteiger partial charge is 0.110 e. The molecule has 1 atom stereocenters. The van der Waals surface area contributed by atoms with Gasteiger partial charge in [-0.3, -0.25) is 4.99 Å². The minimum absolute atomic E-state index is 0.542. The number of alkyl halides is 1. The van der Waals surface area contributed by atoms with Crippen molar-refractivity contribution in [3.05, 3.63) is 251 Å². The molecule has 3 aliphatic rings. The molecule has 0 aromatic heterocycles. The topological polar surface area (TPSA) is 12.4 Å². The van der Waals surface area contributed by atoms with Crippen LogP contribution in [0.25, 0.3) is 44.7 Å². The summed E-state index contributed by atoms with van der Waals surface area (Å²) in [6, 6.07) is 57.6. The second kappa shape index (κ2) is 14.4. The SMILES string of the molecule is IC1(c2ccccc2)C=C(c2cc#ccc2)N=C1c1cc(C2=CC=C=C=C2C2=C=C=CC=C2)cc(-c2cccc(-c3ccccc3)c2-c2ccccc2)c1. The Hall–Kier alpha value is -6.64. The number of rotatable bonds is 8. The zero-order valence-electron chi connectivity index (χ0n) is 29.1. The molecule has 250 valence electrons. The van der Waals surface area contributed by atoms with Crippen LogP contribution >= 0.6 is 22.6 Å². The molecule has 6 aromatic rings. The Morgan fingerprint density at radius 1 is 0.574 bits per heavy atom. The summed E-state index contributed by atoms with van der Waals surface area (Å²) in [6.45, 7) is 0. The summed E-state index contributed by atoms with van der Waals surface area (Å²) >= 11 is 2.59. The standard InChI is InChI=1S/C52H30IN/c53-52(44-27-14-5-15-28-44)36-49(39-23-10-3-11-24-39)54-51(52)43-34-41(46-30-17-16-29-45(46)37-19-6-1-7-20-37)33-42(35-43)48-32-18-31-47(38-21-8-2-9-22-38)50(48)40-25-12-4-13-26-40/h1-2,4-6,8-10,12-15,17-19,21-28,30-36H. The fourth-order valence-electron chi connectivity index (χ4n) is 7.30. The molecule has 0 spiro atoms. The van der Waals surface area contributed by atoms with Crippen molar-refractivity contribution in [3.63, 3.8) is 0 Å². The first kappa shape index (κ1) is 33.2. The molecule has 0 fully saturated rings. The van der Waals surface area contributed by atoms with E-state index in [0.717, 1.165) is 67.1 Å². The Bertz CT molecular complexity index is 2770. The highest BCUT2D eigenvalue weighted by atomic mass is 127. The summed E-state index contributed by atoms with van der Waals surface area (Å²) in [6.07, 6.45) is 12.3. The first-order valence-corrected chi connectivity index (χ1v) is 18.9. The van der Waals surface area contributed by atoms with Gasteiger partial charge in [-0.25, -0.2) is 0 Å². The molecule has 1 heterocycles. The number of hydrogen-bond donors (Lipinski definition) is 0. The van der Waals surface area contributed by atoms with E-state index in [1.165, 1.54) is 16.7 Å². The fourth-order valence-corrected chi connectivity index (χ4v) is 8.39. The predicted molar refractivity (Wildman–Crippen MR) is 231 cm³/mol. The third-order valence-corrected chi connectivity index (χ3v) is 11.3. The average molecular weight is 796 g/mol. The maximum absolute atomic E-state index is 5.47. The van der Waals surface area contributed by atoms with Gasteiger partial charge in [0.2, 0.25) is 0 Å². The van der Waals surface area contributed by atoms with Crippen molar-refractivity contribution in [1.82, 2.24) is 0 Å². The molecular formula is C52H30IN. The Morgan fingerprint density at radius 2 is 1.26 bits per heavy atom. The maximum Gasteiger partial charge on any atom is 0.110 e. The van der Waals surface area contributed by atoms with E-state index >= 15 is 0 Å². The lowest BCUT2D eigenvalue weighted by atomic mass is 9.82. The third kappa shape index (κ3) is 6.27. The van der Waals surface area contributed by atoms with Crippen LogP contribution in [0, 0.1) is 12.1 Å². The number of aliphatic imine (C=N–C) groups is 1. The molecule has 9 rings (SSSR count). The summed E-state index contributed by atoms with van der Waals surface area (Å²) < 4.78 is -0.542. The van der Waals surface area contributed by atoms with Crippen LogP contribution in [0.1, 0.15) is 22.3 Å². The zero-order valence-corrected chi connectivity index (χ0v) is 31.3. The molecule has 0 saturated carbocycles. The lowest BCUT2D eigenvalue weighted by molar-refractivity contribution is 1.12. The predicted octanol–water partition coefficient (Wildman–Crippen LogP) is 12.9. The van der Waals surface area contributed by atoms with E-state index in [2.05, 4.69) is 209 Å². The van der Waals surface area contributed by atoms with Crippen molar-refractivity contribution in [3.8, 4) is 33.4 Å². The Morgan fingerprint density at radius 3 is 1.98 bits per heavy atom. The summed E-state index contributed by atoms with van der Waals surface area (Å²) in [4.78, 5) is 5.47. The highest BCUT2D eigenvalue weighted by Crippen LogP contribution is 2.47. The number of allylic oxidation sites excluding steroid dienone is 9. The molecule has 2 heteroatoms. The minimum atomic E-state index is -0.542. The van der Waals surface area contributed by atoms with Gasteiger partial charge in [-0.05, 0) is 122 Å². The van der Waals surface area contributed by atoms with E-state index in [1.807, 2.05) is 30.4 Å². The van der Waals surface area contributed by atoms with Crippen molar-refractivity contribution in [1.29, 1.82) is 0 Å². The first-order chi connectivity index (χ1) is 26.7. The Kier molecular flexibility index (Phi) is 8.86. The van der Waals surface area contributed by atoms with Gasteiger partial charge < -0.3 is 0 Å². The van der Waals surface area contributed by atoms with Gasteiger partial charge in [0.05, 0.1) is 11.4 Å². The summed E-state index contributed by atoms with van der Waals surface area (Å²) in [7, 11) is 0. The number of hydrogen-bond acceptors (Lipinski definition) is 1.